The minimum absolute atomic E-state index is 0. The van der Waals surface area contributed by atoms with E-state index in [1.165, 1.54) is 27.1 Å². The van der Waals surface area contributed by atoms with Crippen LogP contribution in [0, 0.1) is 34.9 Å². The van der Waals surface area contributed by atoms with Crippen molar-refractivity contribution in [3.05, 3.63) is 89.5 Å². The van der Waals surface area contributed by atoms with Crippen molar-refractivity contribution in [2.24, 2.45) is 0 Å². The van der Waals surface area contributed by atoms with Gasteiger partial charge in [-0.15, -0.1) is 12.6 Å². The van der Waals surface area contributed by atoms with E-state index < -0.39 is 35.2 Å². The first-order valence-electron chi connectivity index (χ1n) is 11.1. The topological polar surface area (TPSA) is 175 Å². The molecule has 0 aliphatic heterocycles. The number of carbonyl (C=O) groups is 3. The standard InChI is InChI=1S/C14H10O4S4.C7H6O2S.C7H4S.CH4.Cl2S2.2H2O/c15-13(16)9-5-1-3-7-11(9)22(21-20-19)12-8-4-2-6-10(12)14(17)18;8-7(9)5-3-1-2-4-6(5)10;1-2-3-4-5-6-7-8;;1-4(2)3;;/h1-8H,(H,15,16)(H,17,18);1-4,10H,(H,8,9);8H,1H3;1H4;;2*1H2. The van der Waals surface area contributed by atoms with Gasteiger partial charge in [0, 0.05) is 14.7 Å². The van der Waals surface area contributed by atoms with Gasteiger partial charge < -0.3 is 26.3 Å². The van der Waals surface area contributed by atoms with Crippen LogP contribution in [0.3, 0.4) is 0 Å². The lowest BCUT2D eigenvalue weighted by Gasteiger charge is -2.12. The first-order chi connectivity index (χ1) is 20.9. The zero-order valence-corrected chi connectivity index (χ0v) is 31.3. The van der Waals surface area contributed by atoms with Crippen LogP contribution in [-0.4, -0.2) is 44.2 Å². The van der Waals surface area contributed by atoms with Crippen molar-refractivity contribution >= 4 is 122 Å². The second-order valence-corrected chi connectivity index (χ2v) is 18.3. The van der Waals surface area contributed by atoms with Gasteiger partial charge in [-0.2, -0.15) is 0 Å². The quantitative estimate of drug-likeness (QED) is 0.127. The molecule has 0 aliphatic rings. The molecule has 3 aromatic carbocycles. The molecule has 18 heteroatoms. The summed E-state index contributed by atoms with van der Waals surface area (Å²) in [5.41, 5.74) is 0.552. The van der Waals surface area contributed by atoms with Gasteiger partial charge in [-0.1, -0.05) is 71.8 Å². The van der Waals surface area contributed by atoms with Gasteiger partial charge in [-0.3, -0.25) is 0 Å². The van der Waals surface area contributed by atoms with Crippen LogP contribution in [0.25, 0.3) is 0 Å². The maximum absolute atomic E-state index is 11.4. The van der Waals surface area contributed by atoms with E-state index in [0.717, 1.165) is 8.88 Å². The summed E-state index contributed by atoms with van der Waals surface area (Å²) in [4.78, 5) is 34.8. The fourth-order valence-electron chi connectivity index (χ4n) is 2.64. The Morgan fingerprint density at radius 2 is 1.11 bits per heavy atom. The summed E-state index contributed by atoms with van der Waals surface area (Å²) in [6.45, 7) is 1.73. The molecule has 0 saturated carbocycles. The van der Waals surface area contributed by atoms with E-state index in [2.05, 4.69) is 71.3 Å². The first-order valence-corrected chi connectivity index (χ1v) is 20.6. The average Bonchev–Trinajstić information content (AvgIpc) is 2.98. The number of carboxylic acid groups (broad SMARTS) is 3. The first kappa shape index (κ1) is 51.4. The van der Waals surface area contributed by atoms with Crippen molar-refractivity contribution in [1.82, 2.24) is 0 Å². The Balaban J connectivity index is -0.000000309. The summed E-state index contributed by atoms with van der Waals surface area (Å²) in [6.07, 6.45) is 0. The highest BCUT2D eigenvalue weighted by molar-refractivity contribution is 8.58. The monoisotopic (exact) mass is 830 g/mol. The third-order valence-corrected chi connectivity index (χ3v) is 11.3. The number of thiol groups is 2. The van der Waals surface area contributed by atoms with Crippen LogP contribution in [0.5, 0.6) is 0 Å². The Kier molecular flexibility index (Phi) is 33.7. The molecular weight excluding hydrogens is 804 g/mol. The van der Waals surface area contributed by atoms with Crippen molar-refractivity contribution in [1.29, 1.82) is 0 Å². The molecule has 0 aliphatic carbocycles. The van der Waals surface area contributed by atoms with Crippen molar-refractivity contribution in [2.75, 3.05) is 0 Å². The molecule has 0 amide bonds. The summed E-state index contributed by atoms with van der Waals surface area (Å²) in [5.74, 6) is 9.53. The lowest BCUT2D eigenvalue weighted by Crippen LogP contribution is -2.08. The number of carboxylic acids is 3. The van der Waals surface area contributed by atoms with E-state index in [-0.39, 0.29) is 35.1 Å². The Morgan fingerprint density at radius 1 is 0.745 bits per heavy atom. The molecule has 0 radical (unpaired) electrons. The lowest BCUT2D eigenvalue weighted by molar-refractivity contribution is 0.0682. The van der Waals surface area contributed by atoms with E-state index in [9.17, 15) is 24.6 Å². The van der Waals surface area contributed by atoms with Crippen molar-refractivity contribution < 1.29 is 40.7 Å². The molecule has 254 valence electrons. The fraction of sp³-hybridized carbons (Fsp3) is 0.0690. The van der Waals surface area contributed by atoms with Crippen molar-refractivity contribution in [3.63, 3.8) is 0 Å². The summed E-state index contributed by atoms with van der Waals surface area (Å²) in [6, 6.07) is 19.7. The van der Waals surface area contributed by atoms with Crippen LogP contribution < -0.4 is 0 Å². The Morgan fingerprint density at radius 3 is 1.43 bits per heavy atom. The third kappa shape index (κ3) is 21.9. The SMILES string of the molecule is C.CC#CC#CC#CS.O.O.O=C(O)c1ccccc1S.O=C(O)c1ccccc1S(=S=S=S)c1ccccc1C(=O)O.S=S(Cl)Cl. The molecule has 0 saturated heterocycles. The van der Waals surface area contributed by atoms with Gasteiger partial charge in [0.25, 0.3) is 0 Å². The Bertz CT molecular complexity index is 1720. The average molecular weight is 832 g/mol. The van der Waals surface area contributed by atoms with Crippen molar-refractivity contribution in [3.8, 4) is 34.9 Å². The van der Waals surface area contributed by atoms with E-state index in [1.54, 1.807) is 61.5 Å². The minimum Gasteiger partial charge on any atom is -0.478 e. The number of hydrogen-bond acceptors (Lipinski definition) is 7. The molecule has 0 heterocycles. The second-order valence-electron chi connectivity index (χ2n) is 6.88. The van der Waals surface area contributed by atoms with Crippen LogP contribution in [0.15, 0.2) is 87.5 Å². The largest absolute Gasteiger partial charge is 0.478 e. The van der Waals surface area contributed by atoms with E-state index in [1.807, 2.05) is 0 Å². The number of aromatic carboxylic acids is 3. The maximum atomic E-state index is 11.4. The Labute approximate surface area is 313 Å². The van der Waals surface area contributed by atoms with E-state index in [4.69, 9.17) is 37.7 Å². The molecule has 0 aromatic heterocycles. The minimum atomic E-state index is -1.05. The molecule has 0 unspecified atom stereocenters. The second kappa shape index (κ2) is 30.8. The highest BCUT2D eigenvalue weighted by Gasteiger charge is 2.18. The summed E-state index contributed by atoms with van der Waals surface area (Å²) in [7, 11) is 10.5. The molecule has 3 rings (SSSR count). The number of hydrogen-bond donors (Lipinski definition) is 5. The predicted octanol–water partition coefficient (Wildman–Crippen LogP) is 5.51. The van der Waals surface area contributed by atoms with Crippen LogP contribution in [-0.2, 0) is 57.5 Å². The normalized spacial score (nSPS) is 8.15. The van der Waals surface area contributed by atoms with Gasteiger partial charge in [-0.25, -0.2) is 14.4 Å². The van der Waals surface area contributed by atoms with E-state index in [0.29, 0.717) is 14.7 Å². The van der Waals surface area contributed by atoms with Gasteiger partial charge >= 0.3 is 17.9 Å². The van der Waals surface area contributed by atoms with Gasteiger partial charge in [0.2, 0.25) is 0 Å². The molecular formula is C29H28Cl2O8S8. The highest BCUT2D eigenvalue weighted by Crippen LogP contribution is 2.24. The van der Waals surface area contributed by atoms with Crippen LogP contribution >= 0.6 is 46.6 Å². The molecule has 0 spiro atoms. The smallest absolute Gasteiger partial charge is 0.336 e. The zero-order chi connectivity index (χ0) is 33.5. The summed E-state index contributed by atoms with van der Waals surface area (Å²) >= 11 is 16.7. The predicted molar refractivity (Wildman–Crippen MR) is 212 cm³/mol. The van der Waals surface area contributed by atoms with Crippen LogP contribution in [0.2, 0.25) is 0 Å². The van der Waals surface area contributed by atoms with Gasteiger partial charge in [0.1, 0.15) is 0 Å². The molecule has 0 atom stereocenters. The summed E-state index contributed by atoms with van der Waals surface area (Å²) < 4.78 is 0. The maximum Gasteiger partial charge on any atom is 0.336 e. The molecule has 0 fully saturated rings. The van der Waals surface area contributed by atoms with Gasteiger partial charge in [-0.05, 0) is 134 Å². The number of rotatable bonds is 5. The number of halogens is 2. The van der Waals surface area contributed by atoms with Crippen LogP contribution in [0.4, 0.5) is 0 Å². The van der Waals surface area contributed by atoms with E-state index >= 15 is 0 Å². The zero-order valence-electron chi connectivity index (χ0n) is 23.1. The Hall–Kier alpha value is -2.47. The molecule has 7 N–H and O–H groups in total. The lowest BCUT2D eigenvalue weighted by atomic mass is 10.2. The van der Waals surface area contributed by atoms with Gasteiger partial charge in [0.05, 0.1) is 24.6 Å². The molecule has 8 nitrogen and oxygen atoms in total. The third-order valence-electron chi connectivity index (χ3n) is 4.23. The molecule has 0 bridgehead atoms. The van der Waals surface area contributed by atoms with Gasteiger partial charge in [0.15, 0.2) is 0 Å². The number of benzene rings is 3. The fourth-order valence-corrected chi connectivity index (χ4v) is 9.30. The summed E-state index contributed by atoms with van der Waals surface area (Å²) in [5, 5.41) is 29.6. The highest BCUT2D eigenvalue weighted by atomic mass is 36.0. The van der Waals surface area contributed by atoms with Crippen molar-refractivity contribution in [2.45, 2.75) is 29.0 Å². The molecule has 47 heavy (non-hydrogen) atoms. The van der Waals surface area contributed by atoms with Crippen LogP contribution in [0.1, 0.15) is 45.4 Å². The molecule has 3 aromatic rings.